The number of fused-ring (bicyclic) bond motifs is 1. The molecule has 0 bridgehead atoms. The number of rotatable bonds is 7. The molecule has 0 aliphatic heterocycles. The highest BCUT2D eigenvalue weighted by Crippen LogP contribution is 2.39. The molecule has 4 atom stereocenters. The van der Waals surface area contributed by atoms with E-state index in [1.165, 1.54) is 12.1 Å². The molecule has 1 heterocycles. The second-order valence-corrected chi connectivity index (χ2v) is 8.52. The molecule has 0 amide bonds. The molecule has 2 aromatic rings. The molecule has 4 rings (SSSR count). The van der Waals surface area contributed by atoms with Gasteiger partial charge < -0.3 is 10.5 Å². The number of Topliss-reactive ketones (excluding diaryl/α,β-unsaturated/α-hetero) is 1. The second kappa shape index (κ2) is 9.11. The molecule has 5 nitrogen and oxygen atoms in total. The summed E-state index contributed by atoms with van der Waals surface area (Å²) >= 11 is 0. The van der Waals surface area contributed by atoms with Crippen molar-refractivity contribution in [1.29, 1.82) is 5.26 Å². The zero-order chi connectivity index (χ0) is 22.0. The number of halogens is 2. The molecule has 1 aromatic heterocycles. The molecule has 31 heavy (non-hydrogen) atoms. The Labute approximate surface area is 180 Å². The fourth-order valence-electron chi connectivity index (χ4n) is 5.04. The highest BCUT2D eigenvalue weighted by Gasteiger charge is 2.36. The third-order valence-electron chi connectivity index (χ3n) is 6.66. The Morgan fingerprint density at radius 3 is 2.90 bits per heavy atom. The van der Waals surface area contributed by atoms with Crippen molar-refractivity contribution in [3.8, 4) is 11.9 Å². The van der Waals surface area contributed by atoms with E-state index in [-0.39, 0.29) is 35.8 Å². The number of nitrogens with two attached hydrogens (primary N) is 1. The van der Waals surface area contributed by atoms with Gasteiger partial charge in [0.05, 0.1) is 6.61 Å². The Morgan fingerprint density at radius 2 is 2.10 bits per heavy atom. The average molecular weight is 425 g/mol. The van der Waals surface area contributed by atoms with E-state index in [1.54, 1.807) is 18.3 Å². The third kappa shape index (κ3) is 4.45. The first kappa shape index (κ1) is 21.4. The standard InChI is InChI=1S/C24H25F2N3O2/c25-20-9-14-6-7-18(19(14)10-21(20)26)22(28)11-23(30)17-5-1-3-16(17)13-31-24-15(12-27)4-2-8-29-24/h2,4,8-10,16-18,22H,1,3,5-7,11,13,28H2. The van der Waals surface area contributed by atoms with Crippen molar-refractivity contribution in [2.24, 2.45) is 17.6 Å². The number of carbonyl (C=O) groups is 1. The number of hydrogen-bond donors (Lipinski definition) is 1. The first-order valence-electron chi connectivity index (χ1n) is 10.7. The molecule has 2 aliphatic rings. The van der Waals surface area contributed by atoms with Crippen molar-refractivity contribution in [2.45, 2.75) is 50.5 Å². The summed E-state index contributed by atoms with van der Waals surface area (Å²) in [6, 6.07) is 7.43. The second-order valence-electron chi connectivity index (χ2n) is 8.52. The van der Waals surface area contributed by atoms with Gasteiger partial charge in [0.15, 0.2) is 11.6 Å². The van der Waals surface area contributed by atoms with Gasteiger partial charge in [0.2, 0.25) is 5.88 Å². The Hall–Kier alpha value is -2.85. The topological polar surface area (TPSA) is 89.0 Å². The van der Waals surface area contributed by atoms with Crippen molar-refractivity contribution < 1.29 is 18.3 Å². The summed E-state index contributed by atoms with van der Waals surface area (Å²) < 4.78 is 33.0. The van der Waals surface area contributed by atoms with Gasteiger partial charge in [-0.25, -0.2) is 13.8 Å². The van der Waals surface area contributed by atoms with E-state index in [2.05, 4.69) is 11.1 Å². The van der Waals surface area contributed by atoms with Crippen LogP contribution in [-0.4, -0.2) is 23.4 Å². The zero-order valence-electron chi connectivity index (χ0n) is 17.2. The number of carbonyl (C=O) groups excluding carboxylic acids is 1. The van der Waals surface area contributed by atoms with E-state index >= 15 is 0 Å². The van der Waals surface area contributed by atoms with Crippen molar-refractivity contribution in [2.75, 3.05) is 6.61 Å². The number of hydrogen-bond acceptors (Lipinski definition) is 5. The minimum atomic E-state index is -0.872. The maximum Gasteiger partial charge on any atom is 0.231 e. The molecule has 162 valence electrons. The summed E-state index contributed by atoms with van der Waals surface area (Å²) in [7, 11) is 0. The molecular formula is C24H25F2N3O2. The summed E-state index contributed by atoms with van der Waals surface area (Å²) in [6.45, 7) is 0.327. The van der Waals surface area contributed by atoms with E-state index in [9.17, 15) is 18.8 Å². The summed E-state index contributed by atoms with van der Waals surface area (Å²) in [5, 5.41) is 9.17. The fraction of sp³-hybridized carbons (Fsp3) is 0.458. The van der Waals surface area contributed by atoms with Crippen LogP contribution in [0.1, 0.15) is 54.7 Å². The smallest absolute Gasteiger partial charge is 0.231 e. The van der Waals surface area contributed by atoms with E-state index < -0.39 is 17.7 Å². The zero-order valence-corrected chi connectivity index (χ0v) is 17.2. The van der Waals surface area contributed by atoms with Crippen LogP contribution < -0.4 is 10.5 Å². The molecule has 1 aromatic carbocycles. The molecule has 2 aliphatic carbocycles. The Kier molecular flexibility index (Phi) is 6.28. The minimum Gasteiger partial charge on any atom is -0.476 e. The number of aryl methyl sites for hydroxylation is 1. The van der Waals surface area contributed by atoms with Crippen LogP contribution in [-0.2, 0) is 11.2 Å². The van der Waals surface area contributed by atoms with Gasteiger partial charge >= 0.3 is 0 Å². The number of ketones is 1. The van der Waals surface area contributed by atoms with Crippen LogP contribution in [0.3, 0.4) is 0 Å². The SMILES string of the molecule is N#Cc1cccnc1OCC1CCCC1C(=O)CC(N)C1CCc2cc(F)c(F)cc21. The number of ether oxygens (including phenoxy) is 1. The summed E-state index contributed by atoms with van der Waals surface area (Å²) in [5.41, 5.74) is 8.26. The maximum absolute atomic E-state index is 13.7. The molecule has 0 spiro atoms. The van der Waals surface area contributed by atoms with Crippen LogP contribution in [0.15, 0.2) is 30.5 Å². The van der Waals surface area contributed by atoms with Gasteiger partial charge in [0.25, 0.3) is 0 Å². The molecule has 4 unspecified atom stereocenters. The van der Waals surface area contributed by atoms with Crippen LogP contribution in [0.4, 0.5) is 8.78 Å². The normalized spacial score (nSPS) is 23.2. The summed E-state index contributed by atoms with van der Waals surface area (Å²) in [4.78, 5) is 17.2. The molecule has 0 saturated heterocycles. The number of benzene rings is 1. The molecule has 7 heteroatoms. The minimum absolute atomic E-state index is 0.0515. The van der Waals surface area contributed by atoms with E-state index in [0.717, 1.165) is 30.4 Å². The Balaban J connectivity index is 1.38. The monoisotopic (exact) mass is 425 g/mol. The largest absolute Gasteiger partial charge is 0.476 e. The fourth-order valence-corrected chi connectivity index (χ4v) is 5.04. The van der Waals surface area contributed by atoms with Crippen LogP contribution >= 0.6 is 0 Å². The number of pyridine rings is 1. The van der Waals surface area contributed by atoms with Crippen molar-refractivity contribution in [1.82, 2.24) is 4.98 Å². The van der Waals surface area contributed by atoms with E-state index in [0.29, 0.717) is 25.0 Å². The van der Waals surface area contributed by atoms with Gasteiger partial charge in [-0.3, -0.25) is 4.79 Å². The predicted octanol–water partition coefficient (Wildman–Crippen LogP) is 4.04. The van der Waals surface area contributed by atoms with Crippen LogP contribution in [0.2, 0.25) is 0 Å². The lowest BCUT2D eigenvalue weighted by molar-refractivity contribution is -0.124. The highest BCUT2D eigenvalue weighted by molar-refractivity contribution is 5.82. The van der Waals surface area contributed by atoms with Crippen molar-refractivity contribution in [3.05, 3.63) is 58.8 Å². The average Bonchev–Trinajstić information content (AvgIpc) is 3.39. The first-order valence-corrected chi connectivity index (χ1v) is 10.7. The summed E-state index contributed by atoms with van der Waals surface area (Å²) in [5.74, 6) is -1.57. The lowest BCUT2D eigenvalue weighted by atomic mass is 9.84. The van der Waals surface area contributed by atoms with Gasteiger partial charge in [-0.1, -0.05) is 6.42 Å². The van der Waals surface area contributed by atoms with Gasteiger partial charge in [0.1, 0.15) is 17.4 Å². The van der Waals surface area contributed by atoms with E-state index in [1.807, 2.05) is 0 Å². The Morgan fingerprint density at radius 1 is 1.29 bits per heavy atom. The number of nitriles is 1. The molecule has 0 radical (unpaired) electrons. The van der Waals surface area contributed by atoms with E-state index in [4.69, 9.17) is 10.5 Å². The quantitative estimate of drug-likeness (QED) is 0.723. The number of aromatic nitrogens is 1. The van der Waals surface area contributed by atoms with Crippen LogP contribution in [0.5, 0.6) is 5.88 Å². The lowest BCUT2D eigenvalue weighted by Crippen LogP contribution is -2.34. The van der Waals surface area contributed by atoms with Crippen LogP contribution in [0.25, 0.3) is 0 Å². The molecule has 1 saturated carbocycles. The van der Waals surface area contributed by atoms with Gasteiger partial charge in [-0.05, 0) is 61.1 Å². The van der Waals surface area contributed by atoms with Crippen LogP contribution in [0, 0.1) is 34.8 Å². The van der Waals surface area contributed by atoms with Gasteiger partial charge in [0, 0.05) is 36.4 Å². The number of nitrogens with zero attached hydrogens (tertiary/aromatic N) is 2. The highest BCUT2D eigenvalue weighted by atomic mass is 19.2. The third-order valence-corrected chi connectivity index (χ3v) is 6.66. The lowest BCUT2D eigenvalue weighted by Gasteiger charge is -2.24. The predicted molar refractivity (Wildman–Crippen MR) is 110 cm³/mol. The van der Waals surface area contributed by atoms with Gasteiger partial charge in [-0.2, -0.15) is 5.26 Å². The van der Waals surface area contributed by atoms with Crippen molar-refractivity contribution in [3.63, 3.8) is 0 Å². The Bertz CT molecular complexity index is 1020. The molecular weight excluding hydrogens is 400 g/mol. The molecule has 1 fully saturated rings. The maximum atomic E-state index is 13.7. The van der Waals surface area contributed by atoms with Gasteiger partial charge in [-0.15, -0.1) is 0 Å². The molecule has 2 N–H and O–H groups in total. The summed E-state index contributed by atoms with van der Waals surface area (Å²) in [6.07, 6.45) is 5.71. The van der Waals surface area contributed by atoms with Crippen molar-refractivity contribution >= 4 is 5.78 Å². The first-order chi connectivity index (χ1) is 15.0.